The molecule has 5 heteroatoms. The van der Waals surface area contributed by atoms with Crippen LogP contribution in [0.15, 0.2) is 12.7 Å². The van der Waals surface area contributed by atoms with E-state index in [-0.39, 0.29) is 35.8 Å². The number of hydrogen-bond donors (Lipinski definition) is 0. The second kappa shape index (κ2) is 6.99. The third-order valence-electron chi connectivity index (χ3n) is 4.64. The summed E-state index contributed by atoms with van der Waals surface area (Å²) < 4.78 is 12.0. The van der Waals surface area contributed by atoms with Crippen molar-refractivity contribution in [1.29, 1.82) is 0 Å². The van der Waals surface area contributed by atoms with Gasteiger partial charge in [-0.25, -0.2) is 0 Å². The first kappa shape index (κ1) is 19.0. The Morgan fingerprint density at radius 1 is 1.50 bits per heavy atom. The van der Waals surface area contributed by atoms with Crippen LogP contribution in [-0.4, -0.2) is 44.6 Å². The lowest BCUT2D eigenvalue weighted by Gasteiger charge is -2.50. The smallest absolute Gasteiger partial charge is 0.235 e. The molecule has 0 bridgehead atoms. The summed E-state index contributed by atoms with van der Waals surface area (Å²) in [6.07, 6.45) is 6.46. The van der Waals surface area contributed by atoms with Gasteiger partial charge in [-0.05, 0) is 25.1 Å². The Balaban J connectivity index is 2.82. The molecule has 22 heavy (non-hydrogen) atoms. The zero-order valence-electron chi connectivity index (χ0n) is 14.7. The minimum Gasteiger partial charge on any atom is -0.413 e. The zero-order valence-corrected chi connectivity index (χ0v) is 15.7. The van der Waals surface area contributed by atoms with Crippen LogP contribution in [0.2, 0.25) is 18.1 Å². The van der Waals surface area contributed by atoms with E-state index in [4.69, 9.17) is 15.6 Å². The highest BCUT2D eigenvalue weighted by Gasteiger charge is 2.52. The highest BCUT2D eigenvalue weighted by Crippen LogP contribution is 2.40. The Hall–Kier alpha value is -1.09. The molecule has 1 fully saturated rings. The Morgan fingerprint density at radius 2 is 2.09 bits per heavy atom. The number of carbonyl (C=O) groups is 1. The van der Waals surface area contributed by atoms with E-state index in [1.54, 1.807) is 11.0 Å². The number of carbonyl (C=O) groups excluding carboxylic acids is 1. The van der Waals surface area contributed by atoms with Gasteiger partial charge in [-0.3, -0.25) is 4.79 Å². The second-order valence-corrected chi connectivity index (χ2v) is 12.1. The van der Waals surface area contributed by atoms with Crippen LogP contribution in [0.1, 0.15) is 27.7 Å². The molecule has 0 radical (unpaired) electrons. The number of terminal acetylenes is 1. The lowest BCUT2D eigenvalue weighted by Crippen LogP contribution is -2.66. The van der Waals surface area contributed by atoms with Crippen molar-refractivity contribution < 1.29 is 14.0 Å². The second-order valence-electron chi connectivity index (χ2n) is 7.29. The number of amides is 1. The number of β-lactam (4-membered cyclic amide) rings is 1. The van der Waals surface area contributed by atoms with Crippen molar-refractivity contribution in [3.8, 4) is 12.3 Å². The highest BCUT2D eigenvalue weighted by molar-refractivity contribution is 6.74. The van der Waals surface area contributed by atoms with E-state index in [1.165, 1.54) is 0 Å². The summed E-state index contributed by atoms with van der Waals surface area (Å²) in [5, 5.41) is 0.101. The summed E-state index contributed by atoms with van der Waals surface area (Å²) >= 11 is 0. The molecule has 0 aromatic carbocycles. The molecular formula is C17H29NO3Si. The lowest BCUT2D eigenvalue weighted by atomic mass is 9.90. The Bertz CT molecular complexity index is 462. The minimum atomic E-state index is -1.93. The van der Waals surface area contributed by atoms with E-state index >= 15 is 0 Å². The van der Waals surface area contributed by atoms with Crippen LogP contribution in [0, 0.1) is 18.3 Å². The molecule has 1 amide bonds. The zero-order chi connectivity index (χ0) is 17.1. The molecule has 1 aliphatic rings. The van der Waals surface area contributed by atoms with Crippen LogP contribution in [0.3, 0.4) is 0 Å². The maximum absolute atomic E-state index is 12.4. The van der Waals surface area contributed by atoms with Gasteiger partial charge >= 0.3 is 0 Å². The third kappa shape index (κ3) is 3.81. The van der Waals surface area contributed by atoms with Crippen LogP contribution < -0.4 is 0 Å². The van der Waals surface area contributed by atoms with Crippen LogP contribution in [0.5, 0.6) is 0 Å². The Kier molecular flexibility index (Phi) is 6.02. The fourth-order valence-electron chi connectivity index (χ4n) is 2.36. The number of rotatable bonds is 7. The van der Waals surface area contributed by atoms with Crippen LogP contribution in [-0.2, 0) is 14.0 Å². The average Bonchev–Trinajstić information content (AvgIpc) is 2.38. The van der Waals surface area contributed by atoms with Gasteiger partial charge in [0.15, 0.2) is 8.32 Å². The van der Waals surface area contributed by atoms with Gasteiger partial charge < -0.3 is 14.1 Å². The van der Waals surface area contributed by atoms with E-state index in [0.29, 0.717) is 6.54 Å². The molecule has 1 heterocycles. The van der Waals surface area contributed by atoms with Crippen LogP contribution in [0.4, 0.5) is 0 Å². The monoisotopic (exact) mass is 323 g/mol. The molecule has 0 N–H and O–H groups in total. The summed E-state index contributed by atoms with van der Waals surface area (Å²) in [6, 6.07) is 0. The molecule has 0 saturated carbocycles. The minimum absolute atomic E-state index is 0.0492. The van der Waals surface area contributed by atoms with Gasteiger partial charge in [0.1, 0.15) is 18.8 Å². The molecule has 1 saturated heterocycles. The van der Waals surface area contributed by atoms with Crippen molar-refractivity contribution in [1.82, 2.24) is 4.90 Å². The SMILES string of the molecule is C#CCO[C@H]1[C@@H]([C@@H](C)O[Si](C)(C)C(C)(C)C)C(=O)N1CC=C. The summed E-state index contributed by atoms with van der Waals surface area (Å²) in [7, 11) is -1.93. The predicted molar refractivity (Wildman–Crippen MR) is 91.7 cm³/mol. The van der Waals surface area contributed by atoms with Crippen molar-refractivity contribution >= 4 is 14.2 Å². The summed E-state index contributed by atoms with van der Waals surface area (Å²) in [4.78, 5) is 14.0. The quantitative estimate of drug-likeness (QED) is 0.313. The van der Waals surface area contributed by atoms with Gasteiger partial charge in [0, 0.05) is 6.54 Å². The first-order valence-corrected chi connectivity index (χ1v) is 10.6. The van der Waals surface area contributed by atoms with E-state index in [2.05, 4.69) is 46.4 Å². The van der Waals surface area contributed by atoms with Gasteiger partial charge in [-0.15, -0.1) is 13.0 Å². The normalized spacial score (nSPS) is 23.7. The Morgan fingerprint density at radius 3 is 2.55 bits per heavy atom. The fraction of sp³-hybridized carbons (Fsp3) is 0.706. The van der Waals surface area contributed by atoms with Gasteiger partial charge in [0.05, 0.1) is 6.10 Å². The van der Waals surface area contributed by atoms with Gasteiger partial charge in [-0.1, -0.05) is 32.8 Å². The molecular weight excluding hydrogens is 294 g/mol. The van der Waals surface area contributed by atoms with Crippen molar-refractivity contribution in [3.05, 3.63) is 12.7 Å². The largest absolute Gasteiger partial charge is 0.413 e. The van der Waals surface area contributed by atoms with E-state index in [9.17, 15) is 4.79 Å². The topological polar surface area (TPSA) is 38.8 Å². The van der Waals surface area contributed by atoms with Gasteiger partial charge in [0.25, 0.3) is 0 Å². The van der Waals surface area contributed by atoms with E-state index < -0.39 is 8.32 Å². The van der Waals surface area contributed by atoms with Gasteiger partial charge in [-0.2, -0.15) is 0 Å². The number of likely N-dealkylation sites (tertiary alicyclic amines) is 1. The number of nitrogens with zero attached hydrogens (tertiary/aromatic N) is 1. The maximum atomic E-state index is 12.4. The molecule has 0 spiro atoms. The standard InChI is InChI=1S/C17H29NO3Si/c1-9-11-18-15(19)14(16(18)20-12-10-2)13(3)21-22(7,8)17(4,5)6/h2,9,13-14,16H,1,11-12H2,3-8H3/t13-,14+,16+/m1/s1. The van der Waals surface area contributed by atoms with Crippen molar-refractivity contribution in [2.75, 3.05) is 13.2 Å². The third-order valence-corrected chi connectivity index (χ3v) is 9.21. The van der Waals surface area contributed by atoms with Crippen LogP contribution in [0.25, 0.3) is 0 Å². The molecule has 0 aromatic rings. The first-order chi connectivity index (χ1) is 10.1. The number of ether oxygens (including phenoxy) is 1. The lowest BCUT2D eigenvalue weighted by molar-refractivity contribution is -0.199. The molecule has 0 aromatic heterocycles. The highest BCUT2D eigenvalue weighted by atomic mass is 28.4. The fourth-order valence-corrected chi connectivity index (χ4v) is 3.79. The van der Waals surface area contributed by atoms with Gasteiger partial charge in [0.2, 0.25) is 5.91 Å². The molecule has 1 rings (SSSR count). The molecule has 0 unspecified atom stereocenters. The van der Waals surface area contributed by atoms with E-state index in [0.717, 1.165) is 0 Å². The molecule has 0 aliphatic carbocycles. The maximum Gasteiger partial charge on any atom is 0.235 e. The summed E-state index contributed by atoms with van der Waals surface area (Å²) in [5.74, 6) is 2.22. The Labute approximate surface area is 136 Å². The molecule has 3 atom stereocenters. The first-order valence-electron chi connectivity index (χ1n) is 7.71. The molecule has 124 valence electrons. The van der Waals surface area contributed by atoms with Crippen molar-refractivity contribution in [3.63, 3.8) is 0 Å². The predicted octanol–water partition coefficient (Wildman–Crippen LogP) is 3.02. The molecule has 1 aliphatic heterocycles. The summed E-state index contributed by atoms with van der Waals surface area (Å²) in [5.41, 5.74) is 0. The summed E-state index contributed by atoms with van der Waals surface area (Å²) in [6.45, 7) is 17.2. The molecule has 4 nitrogen and oxygen atoms in total. The van der Waals surface area contributed by atoms with Crippen LogP contribution >= 0.6 is 0 Å². The van der Waals surface area contributed by atoms with E-state index in [1.807, 2.05) is 6.92 Å². The van der Waals surface area contributed by atoms with Crippen molar-refractivity contribution in [2.24, 2.45) is 5.92 Å². The number of hydrogen-bond acceptors (Lipinski definition) is 3. The average molecular weight is 324 g/mol. The van der Waals surface area contributed by atoms with Crippen molar-refractivity contribution in [2.45, 2.75) is 58.2 Å².